The molecule has 0 amide bonds. The lowest BCUT2D eigenvalue weighted by molar-refractivity contribution is 0.244. The smallest absolute Gasteiger partial charge is 0.132 e. The number of rotatable bonds is 2. The van der Waals surface area contributed by atoms with Crippen molar-refractivity contribution >= 4 is 16.7 Å². The average Bonchev–Trinajstić information content (AvgIpc) is 2.78. The molecule has 1 fully saturated rings. The van der Waals surface area contributed by atoms with E-state index in [1.807, 2.05) is 18.2 Å². The van der Waals surface area contributed by atoms with Gasteiger partial charge < -0.3 is 10.0 Å². The van der Waals surface area contributed by atoms with Crippen LogP contribution in [-0.2, 0) is 0 Å². The average molecular weight is 256 g/mol. The number of aromatic nitrogens is 1. The molecule has 1 aromatic carbocycles. The third-order valence-electron chi connectivity index (χ3n) is 4.23. The largest absolute Gasteiger partial charge is 0.394 e. The predicted octanol–water partition coefficient (Wildman–Crippen LogP) is 2.75. The van der Waals surface area contributed by atoms with Crippen molar-refractivity contribution in [3.05, 3.63) is 35.9 Å². The fourth-order valence-electron chi connectivity index (χ4n) is 3.05. The van der Waals surface area contributed by atoms with Crippen molar-refractivity contribution in [2.45, 2.75) is 26.3 Å². The van der Waals surface area contributed by atoms with E-state index in [0.29, 0.717) is 5.92 Å². The van der Waals surface area contributed by atoms with Gasteiger partial charge in [-0.1, -0.05) is 25.1 Å². The Kier molecular flexibility index (Phi) is 3.15. The van der Waals surface area contributed by atoms with Crippen molar-refractivity contribution < 1.29 is 5.11 Å². The maximum absolute atomic E-state index is 9.60. The molecule has 1 N–H and O–H groups in total. The first-order chi connectivity index (χ1) is 9.20. The van der Waals surface area contributed by atoms with Gasteiger partial charge in [0.15, 0.2) is 0 Å². The zero-order chi connectivity index (χ0) is 13.4. The standard InChI is InChI=1S/C16H20N2O/c1-11-7-8-18(15(11)10-19)16-12(2)9-13-5-3-4-6-14(13)17-16/h3-6,9,11,15,19H,7-8,10H2,1-2H3. The molecule has 19 heavy (non-hydrogen) atoms. The first-order valence-corrected chi connectivity index (χ1v) is 6.94. The summed E-state index contributed by atoms with van der Waals surface area (Å²) in [6.45, 7) is 5.50. The Labute approximate surface area is 113 Å². The van der Waals surface area contributed by atoms with Gasteiger partial charge >= 0.3 is 0 Å². The van der Waals surface area contributed by atoms with Crippen LogP contribution in [0.3, 0.4) is 0 Å². The van der Waals surface area contributed by atoms with Crippen LogP contribution in [0.15, 0.2) is 30.3 Å². The molecule has 2 unspecified atom stereocenters. The number of aryl methyl sites for hydroxylation is 1. The van der Waals surface area contributed by atoms with Gasteiger partial charge in [0, 0.05) is 11.9 Å². The van der Waals surface area contributed by atoms with Crippen LogP contribution in [-0.4, -0.2) is 29.3 Å². The number of aliphatic hydroxyl groups excluding tert-OH is 1. The van der Waals surface area contributed by atoms with Crippen molar-refractivity contribution in [1.82, 2.24) is 4.98 Å². The normalized spacial score (nSPS) is 23.2. The lowest BCUT2D eigenvalue weighted by Gasteiger charge is -2.27. The Morgan fingerprint density at radius 2 is 2.16 bits per heavy atom. The van der Waals surface area contributed by atoms with Crippen molar-refractivity contribution in [1.29, 1.82) is 0 Å². The number of anilines is 1. The van der Waals surface area contributed by atoms with Gasteiger partial charge in [-0.15, -0.1) is 0 Å². The molecule has 0 spiro atoms. The second kappa shape index (κ2) is 4.82. The summed E-state index contributed by atoms with van der Waals surface area (Å²) in [5.41, 5.74) is 2.21. The van der Waals surface area contributed by atoms with Crippen LogP contribution in [0.25, 0.3) is 10.9 Å². The van der Waals surface area contributed by atoms with Crippen molar-refractivity contribution in [3.8, 4) is 0 Å². The monoisotopic (exact) mass is 256 g/mol. The summed E-state index contributed by atoms with van der Waals surface area (Å²) < 4.78 is 0. The molecule has 2 atom stereocenters. The third-order valence-corrected chi connectivity index (χ3v) is 4.23. The van der Waals surface area contributed by atoms with Crippen LogP contribution < -0.4 is 4.90 Å². The first kappa shape index (κ1) is 12.4. The molecule has 1 aromatic heterocycles. The zero-order valence-corrected chi connectivity index (χ0v) is 11.5. The summed E-state index contributed by atoms with van der Waals surface area (Å²) in [5, 5.41) is 10.8. The maximum atomic E-state index is 9.60. The third kappa shape index (κ3) is 2.08. The molecule has 0 aliphatic carbocycles. The maximum Gasteiger partial charge on any atom is 0.132 e. The Morgan fingerprint density at radius 3 is 2.95 bits per heavy atom. The summed E-state index contributed by atoms with van der Waals surface area (Å²) in [4.78, 5) is 7.07. The molecule has 1 aliphatic rings. The Morgan fingerprint density at radius 1 is 1.37 bits per heavy atom. The van der Waals surface area contributed by atoms with E-state index in [1.165, 1.54) is 10.9 Å². The minimum Gasteiger partial charge on any atom is -0.394 e. The minimum absolute atomic E-state index is 0.201. The zero-order valence-electron chi connectivity index (χ0n) is 11.5. The first-order valence-electron chi connectivity index (χ1n) is 6.94. The second-order valence-electron chi connectivity index (χ2n) is 5.53. The van der Waals surface area contributed by atoms with Gasteiger partial charge in [-0.3, -0.25) is 0 Å². The molecular formula is C16H20N2O. The molecule has 1 aliphatic heterocycles. The van der Waals surface area contributed by atoms with Gasteiger partial charge in [0.1, 0.15) is 5.82 Å². The van der Waals surface area contributed by atoms with Crippen molar-refractivity contribution in [2.24, 2.45) is 5.92 Å². The van der Waals surface area contributed by atoms with E-state index in [9.17, 15) is 5.11 Å². The Balaban J connectivity index is 2.07. The summed E-state index contributed by atoms with van der Waals surface area (Å²) in [6, 6.07) is 10.6. The molecule has 2 aromatic rings. The van der Waals surface area contributed by atoms with Gasteiger partial charge in [-0.25, -0.2) is 4.98 Å². The predicted molar refractivity (Wildman–Crippen MR) is 78.5 cm³/mol. The molecule has 0 bridgehead atoms. The van der Waals surface area contributed by atoms with E-state index in [-0.39, 0.29) is 12.6 Å². The molecule has 0 radical (unpaired) electrons. The minimum atomic E-state index is 0.201. The van der Waals surface area contributed by atoms with Crippen LogP contribution >= 0.6 is 0 Å². The van der Waals surface area contributed by atoms with E-state index in [0.717, 1.165) is 24.3 Å². The van der Waals surface area contributed by atoms with Gasteiger partial charge in [0.05, 0.1) is 18.2 Å². The molecule has 3 nitrogen and oxygen atoms in total. The summed E-state index contributed by atoms with van der Waals surface area (Å²) in [5.74, 6) is 1.56. The highest BCUT2D eigenvalue weighted by atomic mass is 16.3. The van der Waals surface area contributed by atoms with E-state index < -0.39 is 0 Å². The van der Waals surface area contributed by atoms with Crippen LogP contribution in [0.4, 0.5) is 5.82 Å². The highest BCUT2D eigenvalue weighted by molar-refractivity contribution is 5.81. The summed E-state index contributed by atoms with van der Waals surface area (Å²) in [7, 11) is 0. The van der Waals surface area contributed by atoms with Crippen molar-refractivity contribution in [3.63, 3.8) is 0 Å². The van der Waals surface area contributed by atoms with Gasteiger partial charge in [0.2, 0.25) is 0 Å². The fraction of sp³-hybridized carbons (Fsp3) is 0.438. The van der Waals surface area contributed by atoms with E-state index in [2.05, 4.69) is 30.9 Å². The topological polar surface area (TPSA) is 36.4 Å². The molecule has 1 saturated heterocycles. The number of para-hydroxylation sites is 1. The highest BCUT2D eigenvalue weighted by Crippen LogP contribution is 2.31. The number of nitrogens with zero attached hydrogens (tertiary/aromatic N) is 2. The van der Waals surface area contributed by atoms with E-state index in [1.54, 1.807) is 0 Å². The second-order valence-corrected chi connectivity index (χ2v) is 5.53. The van der Waals surface area contributed by atoms with Gasteiger partial charge in [-0.2, -0.15) is 0 Å². The number of benzene rings is 1. The van der Waals surface area contributed by atoms with E-state index >= 15 is 0 Å². The molecule has 100 valence electrons. The van der Waals surface area contributed by atoms with Crippen LogP contribution in [0.2, 0.25) is 0 Å². The van der Waals surface area contributed by atoms with Crippen LogP contribution in [0, 0.1) is 12.8 Å². The number of hydrogen-bond acceptors (Lipinski definition) is 3. The van der Waals surface area contributed by atoms with Crippen LogP contribution in [0.5, 0.6) is 0 Å². The highest BCUT2D eigenvalue weighted by Gasteiger charge is 2.32. The van der Waals surface area contributed by atoms with E-state index in [4.69, 9.17) is 4.98 Å². The van der Waals surface area contributed by atoms with Gasteiger partial charge in [-0.05, 0) is 37.0 Å². The Hall–Kier alpha value is -1.61. The summed E-state index contributed by atoms with van der Waals surface area (Å²) >= 11 is 0. The molecule has 2 heterocycles. The van der Waals surface area contributed by atoms with Gasteiger partial charge in [0.25, 0.3) is 0 Å². The number of aliphatic hydroxyl groups is 1. The molecule has 3 rings (SSSR count). The summed E-state index contributed by atoms with van der Waals surface area (Å²) in [6.07, 6.45) is 1.12. The Bertz CT molecular complexity index is 596. The molecule has 3 heteroatoms. The lowest BCUT2D eigenvalue weighted by atomic mass is 10.0. The number of pyridine rings is 1. The van der Waals surface area contributed by atoms with Crippen LogP contribution in [0.1, 0.15) is 18.9 Å². The molecular weight excluding hydrogens is 236 g/mol. The number of hydrogen-bond donors (Lipinski definition) is 1. The van der Waals surface area contributed by atoms with Crippen molar-refractivity contribution in [2.75, 3.05) is 18.1 Å². The lowest BCUT2D eigenvalue weighted by Crippen LogP contribution is -2.36. The number of fused-ring (bicyclic) bond motifs is 1. The quantitative estimate of drug-likeness (QED) is 0.897. The SMILES string of the molecule is Cc1cc2ccccc2nc1N1CCC(C)C1CO. The molecule has 0 saturated carbocycles. The fourth-order valence-corrected chi connectivity index (χ4v) is 3.05.